The van der Waals surface area contributed by atoms with Gasteiger partial charge in [-0.15, -0.1) is 0 Å². The molecule has 1 amide bonds. The number of rotatable bonds is 4. The van der Waals surface area contributed by atoms with Crippen molar-refractivity contribution in [2.24, 2.45) is 0 Å². The molecule has 0 radical (unpaired) electrons. The van der Waals surface area contributed by atoms with Crippen LogP contribution in [0.15, 0.2) is 55.1 Å². The number of nitrogens with zero attached hydrogens (tertiary/aromatic N) is 8. The largest absolute Gasteiger partial charge is 0.353 e. The molecule has 0 saturated carbocycles. The lowest BCUT2D eigenvalue weighted by Gasteiger charge is -2.35. The first kappa shape index (κ1) is 20.9. The number of amides is 1. The number of hydrogen-bond donors (Lipinski definition) is 0. The van der Waals surface area contributed by atoms with E-state index in [0.717, 1.165) is 28.7 Å². The second-order valence-corrected chi connectivity index (χ2v) is 8.20. The van der Waals surface area contributed by atoms with Gasteiger partial charge in [0.15, 0.2) is 0 Å². The zero-order valence-corrected chi connectivity index (χ0v) is 19.0. The van der Waals surface area contributed by atoms with Gasteiger partial charge in [0.25, 0.3) is 5.91 Å². The predicted octanol–water partition coefficient (Wildman–Crippen LogP) is 2.74. The molecule has 4 aromatic rings. The normalized spacial score (nSPS) is 14.0. The third-order valence-corrected chi connectivity index (χ3v) is 6.06. The van der Waals surface area contributed by atoms with Gasteiger partial charge >= 0.3 is 0 Å². The van der Waals surface area contributed by atoms with Crippen LogP contribution in [0.4, 0.5) is 5.82 Å². The van der Waals surface area contributed by atoms with E-state index in [1.54, 1.807) is 17.2 Å². The van der Waals surface area contributed by atoms with Gasteiger partial charge in [-0.25, -0.2) is 19.6 Å². The molecular weight excluding hydrogens is 416 g/mol. The summed E-state index contributed by atoms with van der Waals surface area (Å²) in [7, 11) is 0. The Kier molecular flexibility index (Phi) is 5.37. The molecule has 9 heteroatoms. The molecule has 0 aliphatic carbocycles. The first-order valence-electron chi connectivity index (χ1n) is 11.0. The van der Waals surface area contributed by atoms with Crippen molar-refractivity contribution < 1.29 is 4.79 Å². The highest BCUT2D eigenvalue weighted by Gasteiger charge is 2.24. The number of aryl methyl sites for hydroxylation is 2. The highest BCUT2D eigenvalue weighted by atomic mass is 16.2. The number of carbonyl (C=O) groups is 1. The zero-order valence-electron chi connectivity index (χ0n) is 19.0. The second-order valence-electron chi connectivity index (χ2n) is 8.20. The van der Waals surface area contributed by atoms with Gasteiger partial charge in [-0.3, -0.25) is 9.36 Å². The first-order chi connectivity index (χ1) is 16.0. The minimum atomic E-state index is 0.0349. The highest BCUT2D eigenvalue weighted by Crippen LogP contribution is 2.20. The second kappa shape index (κ2) is 8.50. The van der Waals surface area contributed by atoms with Gasteiger partial charge in [0.2, 0.25) is 0 Å². The number of aromatic nitrogens is 6. The summed E-state index contributed by atoms with van der Waals surface area (Å²) in [5.41, 5.74) is 3.59. The summed E-state index contributed by atoms with van der Waals surface area (Å²) in [5.74, 6) is 2.43. The molecule has 0 unspecified atom stereocenters. The van der Waals surface area contributed by atoms with E-state index in [1.807, 2.05) is 72.8 Å². The number of imidazole rings is 1. The van der Waals surface area contributed by atoms with E-state index in [9.17, 15) is 4.79 Å². The molecule has 4 heterocycles. The molecule has 1 saturated heterocycles. The molecule has 1 aliphatic rings. The van der Waals surface area contributed by atoms with E-state index >= 15 is 0 Å². The lowest BCUT2D eigenvalue weighted by molar-refractivity contribution is 0.0746. The fourth-order valence-electron chi connectivity index (χ4n) is 4.08. The quantitative estimate of drug-likeness (QED) is 0.483. The van der Waals surface area contributed by atoms with Gasteiger partial charge in [0.05, 0.1) is 11.4 Å². The highest BCUT2D eigenvalue weighted by molar-refractivity contribution is 5.95. The Labute approximate surface area is 192 Å². The van der Waals surface area contributed by atoms with Gasteiger partial charge in [-0.05, 0) is 45.0 Å². The Bertz CT molecular complexity index is 1290. The Morgan fingerprint density at radius 2 is 1.73 bits per heavy atom. The van der Waals surface area contributed by atoms with Crippen molar-refractivity contribution in [1.82, 2.24) is 34.2 Å². The Balaban J connectivity index is 1.30. The number of piperazine rings is 1. The van der Waals surface area contributed by atoms with E-state index < -0.39 is 0 Å². The van der Waals surface area contributed by atoms with Crippen LogP contribution in [0.5, 0.6) is 0 Å². The topological polar surface area (TPSA) is 85.0 Å². The van der Waals surface area contributed by atoms with Gasteiger partial charge in [-0.1, -0.05) is 6.07 Å². The molecule has 168 valence electrons. The molecule has 1 aromatic carbocycles. The summed E-state index contributed by atoms with van der Waals surface area (Å²) in [6.45, 7) is 8.61. The van der Waals surface area contributed by atoms with Crippen LogP contribution < -0.4 is 4.90 Å². The maximum atomic E-state index is 13.1. The van der Waals surface area contributed by atoms with Crippen LogP contribution >= 0.6 is 0 Å². The van der Waals surface area contributed by atoms with Crippen molar-refractivity contribution >= 4 is 11.7 Å². The summed E-state index contributed by atoms with van der Waals surface area (Å²) < 4.78 is 3.74. The van der Waals surface area contributed by atoms with Crippen LogP contribution in [0.3, 0.4) is 0 Å². The van der Waals surface area contributed by atoms with Gasteiger partial charge in [0, 0.05) is 55.9 Å². The molecular formula is C24H26N8O. The molecule has 33 heavy (non-hydrogen) atoms. The summed E-state index contributed by atoms with van der Waals surface area (Å²) in [6, 6.07) is 11.4. The molecule has 0 bridgehead atoms. The third-order valence-electron chi connectivity index (χ3n) is 6.06. The van der Waals surface area contributed by atoms with Crippen molar-refractivity contribution in [3.05, 3.63) is 77.9 Å². The fourth-order valence-corrected chi connectivity index (χ4v) is 4.08. The van der Waals surface area contributed by atoms with Gasteiger partial charge in [0.1, 0.15) is 23.8 Å². The van der Waals surface area contributed by atoms with Crippen LogP contribution in [0, 0.1) is 20.8 Å². The smallest absolute Gasteiger partial charge is 0.254 e. The molecule has 3 aromatic heterocycles. The van der Waals surface area contributed by atoms with E-state index in [1.165, 1.54) is 0 Å². The summed E-state index contributed by atoms with van der Waals surface area (Å²) in [4.78, 5) is 30.9. The molecule has 0 spiro atoms. The van der Waals surface area contributed by atoms with Crippen molar-refractivity contribution in [3.8, 4) is 11.5 Å². The third kappa shape index (κ3) is 4.09. The predicted molar refractivity (Wildman–Crippen MR) is 125 cm³/mol. The van der Waals surface area contributed by atoms with E-state index in [2.05, 4.69) is 25.0 Å². The average molecular weight is 443 g/mol. The van der Waals surface area contributed by atoms with Crippen LogP contribution in [-0.2, 0) is 0 Å². The SMILES string of the molecule is Cc1nc(N2CCN(C(=O)c3cccc(-n4cccn4)c3)CC2)cc(-n2cnc(C)c2C)n1. The molecule has 0 N–H and O–H groups in total. The maximum absolute atomic E-state index is 13.1. The van der Waals surface area contributed by atoms with Crippen LogP contribution in [0.1, 0.15) is 27.6 Å². The number of benzene rings is 1. The zero-order chi connectivity index (χ0) is 22.9. The lowest BCUT2D eigenvalue weighted by Crippen LogP contribution is -2.49. The van der Waals surface area contributed by atoms with Crippen LogP contribution in [0.2, 0.25) is 0 Å². The minimum Gasteiger partial charge on any atom is -0.353 e. The van der Waals surface area contributed by atoms with Gasteiger partial charge < -0.3 is 9.80 Å². The number of anilines is 1. The summed E-state index contributed by atoms with van der Waals surface area (Å²) >= 11 is 0. The van der Waals surface area contributed by atoms with E-state index in [0.29, 0.717) is 37.6 Å². The first-order valence-corrected chi connectivity index (χ1v) is 11.0. The molecule has 9 nitrogen and oxygen atoms in total. The summed E-state index contributed by atoms with van der Waals surface area (Å²) in [5, 5.41) is 4.25. The molecule has 1 aliphatic heterocycles. The van der Waals surface area contributed by atoms with Crippen molar-refractivity contribution in [2.75, 3.05) is 31.1 Å². The average Bonchev–Trinajstić information content (AvgIpc) is 3.49. The maximum Gasteiger partial charge on any atom is 0.254 e. The monoisotopic (exact) mass is 442 g/mol. The van der Waals surface area contributed by atoms with Crippen LogP contribution in [0.25, 0.3) is 11.5 Å². The number of hydrogen-bond acceptors (Lipinski definition) is 6. The van der Waals surface area contributed by atoms with Crippen molar-refractivity contribution in [3.63, 3.8) is 0 Å². The number of carbonyl (C=O) groups excluding carboxylic acids is 1. The van der Waals surface area contributed by atoms with Gasteiger partial charge in [-0.2, -0.15) is 5.10 Å². The standard InChI is InChI=1S/C24H26N8O/c1-17-18(2)31(16-25-17)23-15-22(27-19(3)28-23)29-10-12-30(13-11-29)24(33)20-6-4-7-21(14-20)32-9-5-8-26-32/h4-9,14-16H,10-13H2,1-3H3. The van der Waals surface area contributed by atoms with Crippen LogP contribution in [-0.4, -0.2) is 66.3 Å². The molecule has 1 fully saturated rings. The van der Waals surface area contributed by atoms with E-state index in [4.69, 9.17) is 0 Å². The minimum absolute atomic E-state index is 0.0349. The molecule has 0 atom stereocenters. The molecule has 5 rings (SSSR count). The summed E-state index contributed by atoms with van der Waals surface area (Å²) in [6.07, 6.45) is 5.39. The van der Waals surface area contributed by atoms with Crippen molar-refractivity contribution in [2.45, 2.75) is 20.8 Å². The lowest BCUT2D eigenvalue weighted by atomic mass is 10.1. The Morgan fingerprint density at radius 1 is 0.939 bits per heavy atom. The Morgan fingerprint density at radius 3 is 2.42 bits per heavy atom. The fraction of sp³-hybridized carbons (Fsp3) is 0.292. The van der Waals surface area contributed by atoms with Crippen molar-refractivity contribution in [1.29, 1.82) is 0 Å². The Hall–Kier alpha value is -4.01. The van der Waals surface area contributed by atoms with E-state index in [-0.39, 0.29) is 5.91 Å².